The van der Waals surface area contributed by atoms with E-state index >= 15 is 0 Å². The minimum atomic E-state index is -0.236. The summed E-state index contributed by atoms with van der Waals surface area (Å²) in [5.74, 6) is 0.484. The Morgan fingerprint density at radius 2 is 1.85 bits per heavy atom. The monoisotopic (exact) mass is 371 g/mol. The van der Waals surface area contributed by atoms with Crippen LogP contribution in [0.4, 0.5) is 0 Å². The molecular weight excluding hydrogens is 338 g/mol. The van der Waals surface area contributed by atoms with Gasteiger partial charge in [0.25, 0.3) is 0 Å². The Hall–Kier alpha value is -1.88. The zero-order chi connectivity index (χ0) is 19.6. The number of nitrogens with zero attached hydrogens (tertiary/aromatic N) is 3. The molecule has 5 heteroatoms. The van der Waals surface area contributed by atoms with Gasteiger partial charge in [0.15, 0.2) is 0 Å². The van der Waals surface area contributed by atoms with Crippen LogP contribution in [-0.2, 0) is 9.59 Å². The van der Waals surface area contributed by atoms with Gasteiger partial charge in [-0.1, -0.05) is 24.3 Å². The van der Waals surface area contributed by atoms with Crippen LogP contribution in [0.5, 0.6) is 0 Å². The summed E-state index contributed by atoms with van der Waals surface area (Å²) in [6.07, 6.45) is 3.62. The minimum Gasteiger partial charge on any atom is -0.342 e. The zero-order valence-corrected chi connectivity index (χ0v) is 17.2. The van der Waals surface area contributed by atoms with E-state index in [1.54, 1.807) is 0 Å². The number of carbonyl (C=O) groups is 2. The van der Waals surface area contributed by atoms with Crippen LogP contribution in [0.1, 0.15) is 49.8 Å². The van der Waals surface area contributed by atoms with Gasteiger partial charge in [0, 0.05) is 32.6 Å². The molecule has 2 aliphatic heterocycles. The van der Waals surface area contributed by atoms with Crippen LogP contribution in [0.15, 0.2) is 24.3 Å². The zero-order valence-electron chi connectivity index (χ0n) is 17.2. The average molecular weight is 372 g/mol. The van der Waals surface area contributed by atoms with Gasteiger partial charge in [-0.3, -0.25) is 14.5 Å². The molecule has 0 radical (unpaired) electrons. The van der Waals surface area contributed by atoms with E-state index < -0.39 is 0 Å². The number of hydrogen-bond acceptors (Lipinski definition) is 3. The van der Waals surface area contributed by atoms with Crippen molar-refractivity contribution in [2.45, 2.75) is 45.6 Å². The van der Waals surface area contributed by atoms with E-state index in [0.29, 0.717) is 6.42 Å². The lowest BCUT2D eigenvalue weighted by Crippen LogP contribution is -2.53. The number of likely N-dealkylation sites (tertiary alicyclic amines) is 2. The number of piperidine rings is 2. The maximum atomic E-state index is 13.4. The predicted octanol–water partition coefficient (Wildman–Crippen LogP) is 2.85. The Balaban J connectivity index is 1.70. The summed E-state index contributed by atoms with van der Waals surface area (Å²) in [6.45, 7) is 7.36. The molecule has 1 aromatic rings. The molecule has 2 aliphatic rings. The lowest BCUT2D eigenvalue weighted by molar-refractivity contribution is -0.144. The smallest absolute Gasteiger partial charge is 0.244 e. The van der Waals surface area contributed by atoms with Crippen LogP contribution >= 0.6 is 0 Å². The first kappa shape index (κ1) is 19.9. The summed E-state index contributed by atoms with van der Waals surface area (Å²) in [7, 11) is 3.96. The van der Waals surface area contributed by atoms with E-state index in [1.807, 2.05) is 40.9 Å². The van der Waals surface area contributed by atoms with Gasteiger partial charge in [0.05, 0.1) is 0 Å². The Morgan fingerprint density at radius 3 is 2.44 bits per heavy atom. The van der Waals surface area contributed by atoms with Gasteiger partial charge in [0.1, 0.15) is 6.04 Å². The van der Waals surface area contributed by atoms with Gasteiger partial charge in [-0.2, -0.15) is 0 Å². The first-order chi connectivity index (χ1) is 12.9. The molecule has 0 aromatic heterocycles. The average Bonchev–Trinajstić information content (AvgIpc) is 2.66. The van der Waals surface area contributed by atoms with E-state index in [9.17, 15) is 9.59 Å². The molecule has 0 aliphatic carbocycles. The number of carbonyl (C=O) groups excluding carboxylic acids is 2. The van der Waals surface area contributed by atoms with Crippen molar-refractivity contribution in [1.82, 2.24) is 14.7 Å². The summed E-state index contributed by atoms with van der Waals surface area (Å²) < 4.78 is 0. The minimum absolute atomic E-state index is 0.198. The van der Waals surface area contributed by atoms with Crippen molar-refractivity contribution < 1.29 is 9.59 Å². The van der Waals surface area contributed by atoms with Gasteiger partial charge in [-0.15, -0.1) is 0 Å². The quantitative estimate of drug-likeness (QED) is 0.817. The largest absolute Gasteiger partial charge is 0.342 e. The molecule has 5 nitrogen and oxygen atoms in total. The Kier molecular flexibility index (Phi) is 5.89. The standard InChI is InChI=1S/C22H33N3O2/c1-5-24-16-22(11-10-19(24)26)12-14-25(15-13-22)21(27)20(23(3)4)18-9-7-6-8-17(18)2/h6-9,20H,5,10-16H2,1-4H3. The van der Waals surface area contributed by atoms with E-state index in [2.05, 4.69) is 26.0 Å². The summed E-state index contributed by atoms with van der Waals surface area (Å²) in [4.78, 5) is 31.4. The van der Waals surface area contributed by atoms with E-state index in [0.717, 1.165) is 56.6 Å². The normalized spacial score (nSPS) is 21.0. The van der Waals surface area contributed by atoms with Crippen molar-refractivity contribution in [3.63, 3.8) is 0 Å². The molecule has 1 atom stereocenters. The Morgan fingerprint density at radius 1 is 1.19 bits per heavy atom. The molecule has 1 unspecified atom stereocenters. The molecule has 2 amide bonds. The van der Waals surface area contributed by atoms with Gasteiger partial charge < -0.3 is 9.80 Å². The predicted molar refractivity (Wildman–Crippen MR) is 107 cm³/mol. The second kappa shape index (κ2) is 8.01. The third-order valence-electron chi connectivity index (χ3n) is 6.50. The van der Waals surface area contributed by atoms with Crippen LogP contribution in [0.25, 0.3) is 0 Å². The second-order valence-electron chi connectivity index (χ2n) is 8.46. The molecule has 3 rings (SSSR count). The first-order valence-electron chi connectivity index (χ1n) is 10.2. The lowest BCUT2D eigenvalue weighted by Gasteiger charge is -2.48. The summed E-state index contributed by atoms with van der Waals surface area (Å²) >= 11 is 0. The number of hydrogen-bond donors (Lipinski definition) is 0. The van der Waals surface area contributed by atoms with Crippen molar-refractivity contribution in [3.05, 3.63) is 35.4 Å². The van der Waals surface area contributed by atoms with Crippen molar-refractivity contribution in [1.29, 1.82) is 0 Å². The van der Waals surface area contributed by atoms with Gasteiger partial charge >= 0.3 is 0 Å². The van der Waals surface area contributed by atoms with Crippen LogP contribution < -0.4 is 0 Å². The highest BCUT2D eigenvalue weighted by Gasteiger charge is 2.42. The number of benzene rings is 1. The molecule has 27 heavy (non-hydrogen) atoms. The Labute approximate surface area is 163 Å². The number of rotatable bonds is 4. The molecule has 2 fully saturated rings. The summed E-state index contributed by atoms with van der Waals surface area (Å²) in [5, 5.41) is 0. The van der Waals surface area contributed by atoms with Crippen LogP contribution in [0.3, 0.4) is 0 Å². The highest BCUT2D eigenvalue weighted by molar-refractivity contribution is 5.84. The molecule has 2 saturated heterocycles. The first-order valence-corrected chi connectivity index (χ1v) is 10.2. The number of aryl methyl sites for hydroxylation is 1. The molecule has 0 saturated carbocycles. The summed E-state index contributed by atoms with van der Waals surface area (Å²) in [6, 6.07) is 7.93. The van der Waals surface area contributed by atoms with Gasteiger partial charge in [-0.25, -0.2) is 0 Å². The van der Waals surface area contributed by atoms with Crippen LogP contribution in [0.2, 0.25) is 0 Å². The van der Waals surface area contributed by atoms with Gasteiger partial charge in [0.2, 0.25) is 11.8 Å². The number of amides is 2. The fourth-order valence-electron chi connectivity index (χ4n) is 4.70. The van der Waals surface area contributed by atoms with Crippen LogP contribution in [0, 0.1) is 12.3 Å². The molecule has 0 N–H and O–H groups in total. The molecular formula is C22H33N3O2. The Bertz CT molecular complexity index is 693. The van der Waals surface area contributed by atoms with Crippen molar-refractivity contribution in [2.75, 3.05) is 40.3 Å². The molecule has 0 bridgehead atoms. The fraction of sp³-hybridized carbons (Fsp3) is 0.636. The second-order valence-corrected chi connectivity index (χ2v) is 8.46. The third kappa shape index (κ3) is 4.03. The van der Waals surface area contributed by atoms with E-state index in [-0.39, 0.29) is 23.3 Å². The van der Waals surface area contributed by atoms with E-state index in [4.69, 9.17) is 0 Å². The van der Waals surface area contributed by atoms with Crippen LogP contribution in [-0.4, -0.2) is 66.8 Å². The van der Waals surface area contributed by atoms with Crippen molar-refractivity contribution in [2.24, 2.45) is 5.41 Å². The van der Waals surface area contributed by atoms with Crippen molar-refractivity contribution >= 4 is 11.8 Å². The van der Waals surface area contributed by atoms with Gasteiger partial charge in [-0.05, 0) is 63.7 Å². The topological polar surface area (TPSA) is 43.9 Å². The highest BCUT2D eigenvalue weighted by Crippen LogP contribution is 2.40. The lowest BCUT2D eigenvalue weighted by atomic mass is 9.72. The van der Waals surface area contributed by atoms with E-state index in [1.165, 1.54) is 0 Å². The fourth-order valence-corrected chi connectivity index (χ4v) is 4.70. The number of likely N-dealkylation sites (N-methyl/N-ethyl adjacent to an activating group) is 1. The third-order valence-corrected chi connectivity index (χ3v) is 6.50. The molecule has 148 valence electrons. The summed E-state index contributed by atoms with van der Waals surface area (Å²) in [5.41, 5.74) is 2.45. The molecule has 1 aromatic carbocycles. The maximum Gasteiger partial charge on any atom is 0.244 e. The highest BCUT2D eigenvalue weighted by atomic mass is 16.2. The maximum absolute atomic E-state index is 13.4. The van der Waals surface area contributed by atoms with Crippen molar-refractivity contribution in [3.8, 4) is 0 Å². The molecule has 1 spiro atoms. The molecule has 2 heterocycles. The SMILES string of the molecule is CCN1CC2(CCC1=O)CCN(C(=O)C(c1ccccc1C)N(C)C)CC2.